The highest BCUT2D eigenvalue weighted by atomic mass is 127. The summed E-state index contributed by atoms with van der Waals surface area (Å²) < 4.78 is 16.2. The van der Waals surface area contributed by atoms with E-state index in [1.165, 1.54) is 7.11 Å². The fourth-order valence-corrected chi connectivity index (χ4v) is 3.21. The Morgan fingerprint density at radius 2 is 1.96 bits per heavy atom. The number of hydrogen-bond acceptors (Lipinski definition) is 5. The summed E-state index contributed by atoms with van der Waals surface area (Å²) in [5, 5.41) is 3.31. The molecule has 8 heteroatoms. The first-order chi connectivity index (χ1) is 13.0. The van der Waals surface area contributed by atoms with Gasteiger partial charge in [-0.1, -0.05) is 19.1 Å². The van der Waals surface area contributed by atoms with Crippen molar-refractivity contribution < 1.29 is 19.0 Å². The summed E-state index contributed by atoms with van der Waals surface area (Å²) in [6.07, 6.45) is -0.119. The van der Waals surface area contributed by atoms with Gasteiger partial charge in [-0.2, -0.15) is 0 Å². The van der Waals surface area contributed by atoms with Crippen molar-refractivity contribution in [3.63, 3.8) is 0 Å². The number of para-hydroxylation sites is 2. The summed E-state index contributed by atoms with van der Waals surface area (Å²) in [6.45, 7) is 8.71. The van der Waals surface area contributed by atoms with Crippen LogP contribution in [0.3, 0.4) is 0 Å². The first-order valence-corrected chi connectivity index (χ1v) is 9.40. The number of likely N-dealkylation sites (tertiary alicyclic amines) is 1. The summed E-state index contributed by atoms with van der Waals surface area (Å²) in [5.41, 5.74) is 0. The molecular weight excluding hydrogens is 473 g/mol. The number of esters is 1. The van der Waals surface area contributed by atoms with Gasteiger partial charge in [0.15, 0.2) is 17.5 Å². The summed E-state index contributed by atoms with van der Waals surface area (Å²) in [6, 6.07) is 7.57. The Hall–Kier alpha value is -1.71. The van der Waals surface area contributed by atoms with Gasteiger partial charge in [0.1, 0.15) is 6.10 Å². The highest BCUT2D eigenvalue weighted by Crippen LogP contribution is 2.27. The van der Waals surface area contributed by atoms with E-state index in [0.29, 0.717) is 24.6 Å². The van der Waals surface area contributed by atoms with Gasteiger partial charge in [-0.05, 0) is 31.9 Å². The van der Waals surface area contributed by atoms with Crippen LogP contribution in [0.5, 0.6) is 11.5 Å². The predicted octanol–water partition coefficient (Wildman–Crippen LogP) is 2.79. The fourth-order valence-electron chi connectivity index (χ4n) is 3.21. The second-order valence-electron chi connectivity index (χ2n) is 6.79. The molecule has 1 aromatic rings. The smallest absolute Gasteiger partial charge is 0.310 e. The molecule has 0 spiro atoms. The van der Waals surface area contributed by atoms with Crippen molar-refractivity contribution in [3.8, 4) is 11.5 Å². The lowest BCUT2D eigenvalue weighted by molar-refractivity contribution is -0.145. The standard InChI is InChI=1S/C20H31N3O4.HI/c1-6-21-20(23-12-14(2)16(13-23)19(24)26-5)22-11-15(3)27-18-10-8-7-9-17(18)25-4;/h7-10,14-16H,6,11-13H2,1-5H3,(H,21,22);1H. The topological polar surface area (TPSA) is 72.4 Å². The van der Waals surface area contributed by atoms with E-state index >= 15 is 0 Å². The molecule has 7 nitrogen and oxygen atoms in total. The van der Waals surface area contributed by atoms with Crippen LogP contribution in [0.25, 0.3) is 0 Å². The van der Waals surface area contributed by atoms with Crippen LogP contribution < -0.4 is 14.8 Å². The lowest BCUT2D eigenvalue weighted by atomic mass is 9.99. The number of halogens is 1. The molecule has 0 saturated carbocycles. The monoisotopic (exact) mass is 505 g/mol. The second kappa shape index (κ2) is 12.0. The highest BCUT2D eigenvalue weighted by molar-refractivity contribution is 14.0. The number of rotatable bonds is 7. The van der Waals surface area contributed by atoms with Crippen molar-refractivity contribution >= 4 is 35.9 Å². The molecule has 0 amide bonds. The molecule has 1 saturated heterocycles. The number of nitrogens with one attached hydrogen (secondary N) is 1. The minimum atomic E-state index is -0.159. The number of methoxy groups -OCH3 is 2. The Labute approximate surface area is 184 Å². The quantitative estimate of drug-likeness (QED) is 0.266. The van der Waals surface area contributed by atoms with Gasteiger partial charge < -0.3 is 24.4 Å². The SMILES string of the molecule is CCNC(=NCC(C)Oc1ccccc1OC)N1CC(C)C(C(=O)OC)C1.I. The van der Waals surface area contributed by atoms with Gasteiger partial charge in [0.25, 0.3) is 0 Å². The van der Waals surface area contributed by atoms with Crippen molar-refractivity contribution in [2.45, 2.75) is 26.9 Å². The first kappa shape index (κ1) is 24.3. The van der Waals surface area contributed by atoms with E-state index in [1.54, 1.807) is 7.11 Å². The van der Waals surface area contributed by atoms with Crippen molar-refractivity contribution in [2.24, 2.45) is 16.8 Å². The average Bonchev–Trinajstić information content (AvgIpc) is 3.06. The molecule has 28 heavy (non-hydrogen) atoms. The number of nitrogens with zero attached hydrogens (tertiary/aromatic N) is 2. The van der Waals surface area contributed by atoms with Crippen molar-refractivity contribution in [1.82, 2.24) is 10.2 Å². The maximum Gasteiger partial charge on any atom is 0.310 e. The van der Waals surface area contributed by atoms with Gasteiger partial charge >= 0.3 is 5.97 Å². The number of carbonyl (C=O) groups is 1. The maximum atomic E-state index is 11.9. The highest BCUT2D eigenvalue weighted by Gasteiger charge is 2.36. The molecule has 3 atom stereocenters. The summed E-state index contributed by atoms with van der Waals surface area (Å²) >= 11 is 0. The number of carbonyl (C=O) groups excluding carboxylic acids is 1. The summed E-state index contributed by atoms with van der Waals surface area (Å²) in [4.78, 5) is 18.8. The van der Waals surface area contributed by atoms with E-state index < -0.39 is 0 Å². The maximum absolute atomic E-state index is 11.9. The molecule has 1 heterocycles. The summed E-state index contributed by atoms with van der Waals surface area (Å²) in [5.74, 6) is 2.15. The Kier molecular flexibility index (Phi) is 10.4. The van der Waals surface area contributed by atoms with E-state index in [9.17, 15) is 4.79 Å². The Bertz CT molecular complexity index is 656. The molecule has 0 radical (unpaired) electrons. The van der Waals surface area contributed by atoms with Crippen molar-refractivity contribution in [1.29, 1.82) is 0 Å². The molecule has 3 unspecified atom stereocenters. The number of benzene rings is 1. The van der Waals surface area contributed by atoms with Crippen LogP contribution in [-0.4, -0.2) is 63.3 Å². The van der Waals surface area contributed by atoms with E-state index in [2.05, 4.69) is 17.1 Å². The van der Waals surface area contributed by atoms with Gasteiger partial charge in [-0.3, -0.25) is 4.79 Å². The molecule has 0 bridgehead atoms. The third-order valence-electron chi connectivity index (χ3n) is 4.65. The predicted molar refractivity (Wildman–Crippen MR) is 121 cm³/mol. The van der Waals surface area contributed by atoms with Gasteiger partial charge in [0, 0.05) is 19.6 Å². The first-order valence-electron chi connectivity index (χ1n) is 9.40. The molecule has 2 rings (SSSR count). The molecular formula is C20H32IN3O4. The second-order valence-corrected chi connectivity index (χ2v) is 6.79. The van der Waals surface area contributed by atoms with E-state index in [0.717, 1.165) is 19.0 Å². The Balaban J connectivity index is 0.00000392. The van der Waals surface area contributed by atoms with E-state index in [4.69, 9.17) is 19.2 Å². The van der Waals surface area contributed by atoms with Gasteiger partial charge in [-0.25, -0.2) is 4.99 Å². The number of ether oxygens (including phenoxy) is 3. The lowest BCUT2D eigenvalue weighted by Crippen LogP contribution is -2.41. The van der Waals surface area contributed by atoms with Crippen LogP contribution in [0, 0.1) is 11.8 Å². The van der Waals surface area contributed by atoms with Gasteiger partial charge in [0.05, 0.1) is 26.7 Å². The molecule has 1 aromatic carbocycles. The number of hydrogen-bond donors (Lipinski definition) is 1. The average molecular weight is 505 g/mol. The Morgan fingerprint density at radius 3 is 2.57 bits per heavy atom. The zero-order valence-electron chi connectivity index (χ0n) is 17.3. The third kappa shape index (κ3) is 6.42. The number of aliphatic imine (C=N–C) groups is 1. The van der Waals surface area contributed by atoms with Crippen LogP contribution in [0.4, 0.5) is 0 Å². The van der Waals surface area contributed by atoms with Crippen molar-refractivity contribution in [2.75, 3.05) is 40.4 Å². The van der Waals surface area contributed by atoms with Gasteiger partial charge in [0.2, 0.25) is 0 Å². The molecule has 0 aromatic heterocycles. The molecule has 1 fully saturated rings. The van der Waals surface area contributed by atoms with E-state index in [1.807, 2.05) is 38.1 Å². The van der Waals surface area contributed by atoms with E-state index in [-0.39, 0.29) is 47.9 Å². The normalized spacial score (nSPS) is 20.2. The third-order valence-corrected chi connectivity index (χ3v) is 4.65. The van der Waals surface area contributed by atoms with Crippen molar-refractivity contribution in [3.05, 3.63) is 24.3 Å². The fraction of sp³-hybridized carbons (Fsp3) is 0.600. The zero-order chi connectivity index (χ0) is 19.8. The van der Waals surface area contributed by atoms with Crippen LogP contribution in [0.1, 0.15) is 20.8 Å². The molecule has 1 aliphatic rings. The Morgan fingerprint density at radius 1 is 1.29 bits per heavy atom. The van der Waals surface area contributed by atoms with Crippen LogP contribution in [0.15, 0.2) is 29.3 Å². The number of guanidine groups is 1. The van der Waals surface area contributed by atoms with Crippen LogP contribution in [0.2, 0.25) is 0 Å². The molecule has 1 aliphatic heterocycles. The van der Waals surface area contributed by atoms with Gasteiger partial charge in [-0.15, -0.1) is 24.0 Å². The zero-order valence-corrected chi connectivity index (χ0v) is 19.6. The minimum Gasteiger partial charge on any atom is -0.493 e. The van der Waals surface area contributed by atoms with Crippen LogP contribution in [-0.2, 0) is 9.53 Å². The lowest BCUT2D eigenvalue weighted by Gasteiger charge is -2.22. The molecule has 0 aliphatic carbocycles. The minimum absolute atomic E-state index is 0. The molecule has 158 valence electrons. The summed E-state index contributed by atoms with van der Waals surface area (Å²) in [7, 11) is 3.06. The molecule has 1 N–H and O–H groups in total. The largest absolute Gasteiger partial charge is 0.493 e. The van der Waals surface area contributed by atoms with Crippen LogP contribution >= 0.6 is 24.0 Å².